The summed E-state index contributed by atoms with van der Waals surface area (Å²) >= 11 is 0. The lowest BCUT2D eigenvalue weighted by molar-refractivity contribution is -0.139. The monoisotopic (exact) mass is 339 g/mol. The number of hydrogen-bond acceptors (Lipinski definition) is 3. The summed E-state index contributed by atoms with van der Waals surface area (Å²) in [4.78, 5) is 14.3. The molecule has 1 unspecified atom stereocenters. The van der Waals surface area contributed by atoms with Gasteiger partial charge in [-0.3, -0.25) is 4.79 Å². The van der Waals surface area contributed by atoms with Crippen LogP contribution in [0.3, 0.4) is 0 Å². The van der Waals surface area contributed by atoms with Crippen LogP contribution >= 0.6 is 0 Å². The minimum Gasteiger partial charge on any atom is -0.493 e. The number of amides is 1. The Kier molecular flexibility index (Phi) is 6.46. The largest absolute Gasteiger partial charge is 0.493 e. The molecule has 0 spiro atoms. The highest BCUT2D eigenvalue weighted by molar-refractivity contribution is 5.76. The maximum atomic E-state index is 12.4. The maximum Gasteiger partial charge on any atom is 0.226 e. The van der Waals surface area contributed by atoms with E-state index in [9.17, 15) is 4.79 Å². The van der Waals surface area contributed by atoms with E-state index in [1.807, 2.05) is 41.3 Å². The Morgan fingerprint density at radius 3 is 2.56 bits per heavy atom. The molecule has 3 rings (SSSR count). The normalized spacial score (nSPS) is 17.3. The summed E-state index contributed by atoms with van der Waals surface area (Å²) < 4.78 is 11.4. The Hall–Kier alpha value is -2.33. The van der Waals surface area contributed by atoms with Gasteiger partial charge < -0.3 is 14.4 Å². The molecule has 25 heavy (non-hydrogen) atoms. The lowest BCUT2D eigenvalue weighted by Crippen LogP contribution is -2.46. The number of rotatable bonds is 7. The Labute approximate surface area is 149 Å². The minimum absolute atomic E-state index is 0.118. The van der Waals surface area contributed by atoms with Gasteiger partial charge in [0.2, 0.25) is 5.91 Å². The Balaban J connectivity index is 1.40. The molecule has 0 saturated carbocycles. The molecular weight excluding hydrogens is 314 g/mol. The molecule has 1 aliphatic heterocycles. The summed E-state index contributed by atoms with van der Waals surface area (Å²) in [7, 11) is 0. The van der Waals surface area contributed by atoms with Crippen molar-refractivity contribution in [1.29, 1.82) is 0 Å². The summed E-state index contributed by atoms with van der Waals surface area (Å²) in [5.74, 6) is 0.946. The van der Waals surface area contributed by atoms with Crippen LogP contribution in [0.5, 0.6) is 5.75 Å². The van der Waals surface area contributed by atoms with Gasteiger partial charge in [-0.25, -0.2) is 0 Å². The topological polar surface area (TPSA) is 38.8 Å². The van der Waals surface area contributed by atoms with Crippen molar-refractivity contribution in [1.82, 2.24) is 4.90 Å². The molecular formula is C21H25NO3. The van der Waals surface area contributed by atoms with E-state index >= 15 is 0 Å². The molecule has 0 N–H and O–H groups in total. The smallest absolute Gasteiger partial charge is 0.226 e. The Morgan fingerprint density at radius 2 is 1.80 bits per heavy atom. The van der Waals surface area contributed by atoms with Gasteiger partial charge in [-0.15, -0.1) is 0 Å². The minimum atomic E-state index is 0.118. The number of morpholine rings is 1. The van der Waals surface area contributed by atoms with Crippen LogP contribution < -0.4 is 4.74 Å². The number of benzene rings is 2. The standard InChI is InChI=1S/C21H25NO3/c23-21(13-15-24-19-9-5-2-6-10-19)22-14-16-25-20(17-22)12-11-18-7-3-1-4-8-18/h1-10,20H,11-17H2. The van der Waals surface area contributed by atoms with Crippen molar-refractivity contribution in [2.45, 2.75) is 25.4 Å². The molecule has 1 heterocycles. The van der Waals surface area contributed by atoms with Gasteiger partial charge in [-0.2, -0.15) is 0 Å². The van der Waals surface area contributed by atoms with Gasteiger partial charge in [0.1, 0.15) is 5.75 Å². The summed E-state index contributed by atoms with van der Waals surface area (Å²) in [5, 5.41) is 0. The van der Waals surface area contributed by atoms with E-state index in [0.717, 1.165) is 18.6 Å². The molecule has 1 atom stereocenters. The zero-order valence-electron chi connectivity index (χ0n) is 14.5. The molecule has 4 nitrogen and oxygen atoms in total. The third kappa shape index (κ3) is 5.61. The van der Waals surface area contributed by atoms with E-state index in [0.29, 0.717) is 32.7 Å². The van der Waals surface area contributed by atoms with Crippen molar-refractivity contribution in [3.63, 3.8) is 0 Å². The molecule has 2 aromatic rings. The average Bonchev–Trinajstić information content (AvgIpc) is 2.68. The number of nitrogens with zero attached hydrogens (tertiary/aromatic N) is 1. The SMILES string of the molecule is O=C(CCOc1ccccc1)N1CCOC(CCc2ccccc2)C1. The highest BCUT2D eigenvalue weighted by atomic mass is 16.5. The van der Waals surface area contributed by atoms with Gasteiger partial charge >= 0.3 is 0 Å². The molecule has 0 aliphatic carbocycles. The first-order valence-electron chi connectivity index (χ1n) is 8.92. The summed E-state index contributed by atoms with van der Waals surface area (Å²) in [6, 6.07) is 20.0. The van der Waals surface area contributed by atoms with Crippen molar-refractivity contribution in [3.8, 4) is 5.75 Å². The van der Waals surface area contributed by atoms with Crippen LogP contribution in [0.1, 0.15) is 18.4 Å². The Bertz CT molecular complexity index is 645. The fourth-order valence-electron chi connectivity index (χ4n) is 3.02. The fraction of sp³-hybridized carbons (Fsp3) is 0.381. The quantitative estimate of drug-likeness (QED) is 0.777. The van der Waals surface area contributed by atoms with Crippen molar-refractivity contribution < 1.29 is 14.3 Å². The number of aryl methyl sites for hydroxylation is 1. The van der Waals surface area contributed by atoms with Crippen LogP contribution in [0.15, 0.2) is 60.7 Å². The van der Waals surface area contributed by atoms with Gasteiger partial charge in [0.05, 0.1) is 25.7 Å². The zero-order valence-corrected chi connectivity index (χ0v) is 14.5. The van der Waals surface area contributed by atoms with Gasteiger partial charge in [0, 0.05) is 13.1 Å². The van der Waals surface area contributed by atoms with E-state index in [-0.39, 0.29) is 12.0 Å². The molecule has 1 saturated heterocycles. The van der Waals surface area contributed by atoms with Gasteiger partial charge in [-0.05, 0) is 30.5 Å². The van der Waals surface area contributed by atoms with Gasteiger partial charge in [-0.1, -0.05) is 48.5 Å². The van der Waals surface area contributed by atoms with E-state index in [2.05, 4.69) is 24.3 Å². The average molecular weight is 339 g/mol. The molecule has 1 fully saturated rings. The second-order valence-electron chi connectivity index (χ2n) is 6.27. The number of carbonyl (C=O) groups excluding carboxylic acids is 1. The first kappa shape index (κ1) is 17.5. The van der Waals surface area contributed by atoms with E-state index in [1.165, 1.54) is 5.56 Å². The second-order valence-corrected chi connectivity index (χ2v) is 6.27. The maximum absolute atomic E-state index is 12.4. The molecule has 2 aromatic carbocycles. The van der Waals surface area contributed by atoms with Crippen LogP contribution in [-0.2, 0) is 16.0 Å². The number of ether oxygens (including phenoxy) is 2. The number of para-hydroxylation sites is 1. The number of hydrogen-bond donors (Lipinski definition) is 0. The first-order valence-corrected chi connectivity index (χ1v) is 8.92. The van der Waals surface area contributed by atoms with Crippen molar-refractivity contribution >= 4 is 5.91 Å². The van der Waals surface area contributed by atoms with Gasteiger partial charge in [0.25, 0.3) is 0 Å². The van der Waals surface area contributed by atoms with Crippen LogP contribution in [-0.4, -0.2) is 43.2 Å². The molecule has 1 aliphatic rings. The van der Waals surface area contributed by atoms with Crippen molar-refractivity contribution in [2.24, 2.45) is 0 Å². The molecule has 0 aromatic heterocycles. The first-order chi connectivity index (χ1) is 12.3. The summed E-state index contributed by atoms with van der Waals surface area (Å²) in [5.41, 5.74) is 1.31. The fourth-order valence-corrected chi connectivity index (χ4v) is 3.02. The predicted molar refractivity (Wildman–Crippen MR) is 97.6 cm³/mol. The van der Waals surface area contributed by atoms with Crippen LogP contribution in [0.25, 0.3) is 0 Å². The van der Waals surface area contributed by atoms with E-state index < -0.39 is 0 Å². The molecule has 132 valence electrons. The molecule has 4 heteroatoms. The van der Waals surface area contributed by atoms with E-state index in [4.69, 9.17) is 9.47 Å². The summed E-state index contributed by atoms with van der Waals surface area (Å²) in [6.45, 7) is 2.38. The third-order valence-electron chi connectivity index (χ3n) is 4.42. The number of carbonyl (C=O) groups is 1. The molecule has 0 radical (unpaired) electrons. The van der Waals surface area contributed by atoms with Crippen molar-refractivity contribution in [3.05, 3.63) is 66.2 Å². The zero-order chi connectivity index (χ0) is 17.3. The van der Waals surface area contributed by atoms with Crippen LogP contribution in [0.4, 0.5) is 0 Å². The van der Waals surface area contributed by atoms with Crippen LogP contribution in [0.2, 0.25) is 0 Å². The highest BCUT2D eigenvalue weighted by Gasteiger charge is 2.23. The van der Waals surface area contributed by atoms with E-state index in [1.54, 1.807) is 0 Å². The third-order valence-corrected chi connectivity index (χ3v) is 4.42. The Morgan fingerprint density at radius 1 is 1.08 bits per heavy atom. The van der Waals surface area contributed by atoms with Crippen LogP contribution in [0, 0.1) is 0 Å². The molecule has 1 amide bonds. The lowest BCUT2D eigenvalue weighted by atomic mass is 10.1. The van der Waals surface area contributed by atoms with Gasteiger partial charge in [0.15, 0.2) is 0 Å². The lowest BCUT2D eigenvalue weighted by Gasteiger charge is -2.33. The predicted octanol–water partition coefficient (Wildman–Crippen LogP) is 3.32. The highest BCUT2D eigenvalue weighted by Crippen LogP contribution is 2.14. The summed E-state index contributed by atoms with van der Waals surface area (Å²) in [6.07, 6.45) is 2.44. The molecule has 0 bridgehead atoms. The van der Waals surface area contributed by atoms with Crippen molar-refractivity contribution in [2.75, 3.05) is 26.3 Å². The second kappa shape index (κ2) is 9.23.